The fourth-order valence-electron chi connectivity index (χ4n) is 0.599. The number of rotatable bonds is 3. The molecule has 5 nitrogen and oxygen atoms in total. The number of carboxylic acids is 1. The van der Waals surface area contributed by atoms with E-state index in [9.17, 15) is 4.79 Å². The van der Waals surface area contributed by atoms with Crippen molar-refractivity contribution < 1.29 is 19.1 Å². The van der Waals surface area contributed by atoms with Crippen LogP contribution in [-0.4, -0.2) is 23.2 Å². The Bertz CT molecular complexity index is 255. The molecule has 60 valence electrons. The minimum Gasteiger partial charge on any atom is -0.481 e. The van der Waals surface area contributed by atoms with Gasteiger partial charge in [-0.25, -0.2) is 4.98 Å². The molecule has 0 atom stereocenters. The highest BCUT2D eigenvalue weighted by Gasteiger charge is 2.07. The molecule has 1 aromatic heterocycles. The third-order valence-electron chi connectivity index (χ3n) is 1.04. The Morgan fingerprint density at radius 2 is 2.64 bits per heavy atom. The summed E-state index contributed by atoms with van der Waals surface area (Å²) in [6.07, 6.45) is 1.11. The smallest absolute Gasteiger partial charge is 0.312 e. The molecule has 1 aromatic rings. The maximum Gasteiger partial charge on any atom is 0.312 e. The first kappa shape index (κ1) is 7.59. The third kappa shape index (κ3) is 1.96. The summed E-state index contributed by atoms with van der Waals surface area (Å²) in [5.74, 6) is -0.606. The van der Waals surface area contributed by atoms with Crippen LogP contribution >= 0.6 is 0 Å². The topological polar surface area (TPSA) is 72.6 Å². The number of carbonyl (C=O) groups is 1. The number of hydrogen-bond acceptors (Lipinski definition) is 4. The van der Waals surface area contributed by atoms with E-state index < -0.39 is 5.97 Å². The summed E-state index contributed by atoms with van der Waals surface area (Å²) in [6, 6.07) is 0. The maximum absolute atomic E-state index is 10.1. The van der Waals surface area contributed by atoms with Crippen molar-refractivity contribution in [2.45, 2.75) is 6.42 Å². The highest BCUT2D eigenvalue weighted by atomic mass is 16.6. The molecule has 0 saturated heterocycles. The van der Waals surface area contributed by atoms with Crippen LogP contribution in [0.4, 0.5) is 0 Å². The summed E-state index contributed by atoms with van der Waals surface area (Å²) in [7, 11) is 1.42. The lowest BCUT2D eigenvalue weighted by atomic mass is 10.4. The van der Waals surface area contributed by atoms with Crippen LogP contribution in [0.3, 0.4) is 0 Å². The number of nitrogens with zero attached hydrogens (tertiary/aromatic N) is 1. The van der Waals surface area contributed by atoms with E-state index in [1.54, 1.807) is 0 Å². The Morgan fingerprint density at radius 3 is 3.09 bits per heavy atom. The van der Waals surface area contributed by atoms with Gasteiger partial charge in [0.15, 0.2) is 0 Å². The summed E-state index contributed by atoms with van der Waals surface area (Å²) in [4.78, 5) is 13.8. The summed E-state index contributed by atoms with van der Waals surface area (Å²) in [5.41, 5.74) is 0. The Labute approximate surface area is 62.6 Å². The van der Waals surface area contributed by atoms with Crippen LogP contribution < -0.4 is 4.74 Å². The minimum atomic E-state index is -0.977. The van der Waals surface area contributed by atoms with E-state index in [0.29, 0.717) is 0 Å². The predicted octanol–water partition coefficient (Wildman–Crippen LogP) is 0.310. The highest BCUT2D eigenvalue weighted by molar-refractivity contribution is 5.68. The Balaban J connectivity index is 2.65. The zero-order valence-electron chi connectivity index (χ0n) is 5.90. The van der Waals surface area contributed by atoms with Gasteiger partial charge < -0.3 is 14.3 Å². The Kier molecular flexibility index (Phi) is 2.10. The molecule has 0 saturated carbocycles. The van der Waals surface area contributed by atoms with Crippen LogP contribution in [-0.2, 0) is 11.2 Å². The molecule has 0 aliphatic heterocycles. The lowest BCUT2D eigenvalue weighted by molar-refractivity contribution is -0.136. The quantitative estimate of drug-likeness (QED) is 0.683. The van der Waals surface area contributed by atoms with E-state index in [0.717, 1.165) is 0 Å². The van der Waals surface area contributed by atoms with Crippen LogP contribution in [0.5, 0.6) is 5.95 Å². The van der Waals surface area contributed by atoms with E-state index in [2.05, 4.69) is 9.72 Å². The van der Waals surface area contributed by atoms with Crippen molar-refractivity contribution in [3.05, 3.63) is 12.1 Å². The Hall–Kier alpha value is -1.52. The monoisotopic (exact) mass is 157 g/mol. The molecular formula is C6H7NO4. The molecular weight excluding hydrogens is 150 g/mol. The largest absolute Gasteiger partial charge is 0.481 e. The van der Waals surface area contributed by atoms with Gasteiger partial charge in [-0.05, 0) is 0 Å². The molecule has 1 N–H and O–H groups in total. The van der Waals surface area contributed by atoms with Crippen molar-refractivity contribution in [1.29, 1.82) is 0 Å². The molecule has 0 radical (unpaired) electrons. The van der Waals surface area contributed by atoms with E-state index in [4.69, 9.17) is 9.52 Å². The number of oxazole rings is 1. The van der Waals surface area contributed by atoms with Crippen LogP contribution in [0, 0.1) is 0 Å². The zero-order valence-corrected chi connectivity index (χ0v) is 5.90. The molecule has 0 aromatic carbocycles. The molecule has 11 heavy (non-hydrogen) atoms. The summed E-state index contributed by atoms with van der Waals surface area (Å²) in [5, 5.41) is 8.31. The average Bonchev–Trinajstić information content (AvgIpc) is 2.34. The fourth-order valence-corrected chi connectivity index (χ4v) is 0.599. The number of aromatic nitrogens is 1. The first-order valence-corrected chi connectivity index (χ1v) is 2.93. The second-order valence-corrected chi connectivity index (χ2v) is 1.85. The molecule has 0 aliphatic carbocycles. The third-order valence-corrected chi connectivity index (χ3v) is 1.04. The van der Waals surface area contributed by atoms with Crippen molar-refractivity contribution in [2.24, 2.45) is 0 Å². The van der Waals surface area contributed by atoms with Crippen molar-refractivity contribution in [3.8, 4) is 5.95 Å². The molecule has 1 heterocycles. The zero-order chi connectivity index (χ0) is 8.27. The van der Waals surface area contributed by atoms with Crippen molar-refractivity contribution in [2.75, 3.05) is 7.11 Å². The van der Waals surface area contributed by atoms with Gasteiger partial charge in [-0.3, -0.25) is 4.79 Å². The number of ether oxygens (including phenoxy) is 1. The van der Waals surface area contributed by atoms with Gasteiger partial charge in [-0.1, -0.05) is 0 Å². The van der Waals surface area contributed by atoms with Crippen molar-refractivity contribution >= 4 is 5.97 Å². The normalized spacial score (nSPS) is 9.55. The van der Waals surface area contributed by atoms with Gasteiger partial charge in [0, 0.05) is 0 Å². The molecule has 0 amide bonds. The second kappa shape index (κ2) is 3.05. The number of carboxylic acid groups (broad SMARTS) is 1. The maximum atomic E-state index is 10.1. The van der Waals surface area contributed by atoms with Crippen LogP contribution in [0.2, 0.25) is 0 Å². The standard InChI is InChI=1S/C6H7NO4/c1-10-6-3-7-4(11-6)2-5(8)9/h3H,2H2,1H3,(H,8,9). The predicted molar refractivity (Wildman–Crippen MR) is 34.4 cm³/mol. The molecule has 0 aliphatic rings. The molecule has 1 rings (SSSR count). The van der Waals surface area contributed by atoms with Gasteiger partial charge >= 0.3 is 11.9 Å². The van der Waals surface area contributed by atoms with E-state index >= 15 is 0 Å². The second-order valence-electron chi connectivity index (χ2n) is 1.85. The minimum absolute atomic E-state index is 0.148. The molecule has 0 spiro atoms. The van der Waals surface area contributed by atoms with Crippen molar-refractivity contribution in [1.82, 2.24) is 4.98 Å². The SMILES string of the molecule is COc1cnc(CC(=O)O)o1. The molecule has 0 unspecified atom stereocenters. The van der Waals surface area contributed by atoms with Gasteiger partial charge in [0.2, 0.25) is 5.89 Å². The van der Waals surface area contributed by atoms with E-state index in [1.807, 2.05) is 0 Å². The number of aliphatic carboxylic acids is 1. The van der Waals surface area contributed by atoms with Gasteiger partial charge in [0.25, 0.3) is 0 Å². The van der Waals surface area contributed by atoms with Gasteiger partial charge in [-0.15, -0.1) is 0 Å². The fraction of sp³-hybridized carbons (Fsp3) is 0.333. The van der Waals surface area contributed by atoms with Crippen molar-refractivity contribution in [3.63, 3.8) is 0 Å². The summed E-state index contributed by atoms with van der Waals surface area (Å²) >= 11 is 0. The molecule has 5 heteroatoms. The highest BCUT2D eigenvalue weighted by Crippen LogP contribution is 2.11. The van der Waals surface area contributed by atoms with E-state index in [1.165, 1.54) is 13.3 Å². The first-order chi connectivity index (χ1) is 5.22. The molecule has 0 bridgehead atoms. The van der Waals surface area contributed by atoms with Crippen LogP contribution in [0.15, 0.2) is 10.6 Å². The first-order valence-electron chi connectivity index (χ1n) is 2.93. The van der Waals surface area contributed by atoms with Gasteiger partial charge in [0.05, 0.1) is 7.11 Å². The number of methoxy groups -OCH3 is 1. The van der Waals surface area contributed by atoms with Crippen LogP contribution in [0.25, 0.3) is 0 Å². The molecule has 0 fully saturated rings. The number of hydrogen-bond donors (Lipinski definition) is 1. The van der Waals surface area contributed by atoms with E-state index in [-0.39, 0.29) is 18.3 Å². The lowest BCUT2D eigenvalue weighted by Gasteiger charge is -1.88. The summed E-state index contributed by atoms with van der Waals surface area (Å²) < 4.78 is 9.48. The van der Waals surface area contributed by atoms with Crippen LogP contribution in [0.1, 0.15) is 5.89 Å². The Morgan fingerprint density at radius 1 is 1.91 bits per heavy atom. The lowest BCUT2D eigenvalue weighted by Crippen LogP contribution is -1.99. The average molecular weight is 157 g/mol. The van der Waals surface area contributed by atoms with Gasteiger partial charge in [0.1, 0.15) is 12.6 Å². The van der Waals surface area contributed by atoms with Gasteiger partial charge in [-0.2, -0.15) is 0 Å². The summed E-state index contributed by atoms with van der Waals surface area (Å²) in [6.45, 7) is 0.